The number of amides is 1. The number of carbonyl (C=O) groups excluding carboxylic acids is 4. The topological polar surface area (TPSA) is 195 Å². The highest BCUT2D eigenvalue weighted by atomic mass is 16.4. The quantitative estimate of drug-likeness (QED) is 0.259. The molecule has 0 saturated heterocycles. The van der Waals surface area contributed by atoms with Crippen molar-refractivity contribution in [3.05, 3.63) is 70.0 Å². The average Bonchev–Trinajstić information content (AvgIpc) is 2.86. The number of aliphatic hydroxyl groups excluding tert-OH is 3. The molecule has 1 amide bonds. The lowest BCUT2D eigenvalue weighted by molar-refractivity contribution is -0.160. The van der Waals surface area contributed by atoms with Gasteiger partial charge in [0.25, 0.3) is 5.91 Å². The molecule has 5 atom stereocenters. The van der Waals surface area contributed by atoms with Crippen molar-refractivity contribution >= 4 is 29.0 Å². The first kappa shape index (κ1) is 25.4. The van der Waals surface area contributed by atoms with Crippen LogP contribution < -0.4 is 5.73 Å². The van der Waals surface area contributed by atoms with Crippen LogP contribution in [0.25, 0.3) is 16.9 Å². The smallest absolute Gasteiger partial charge is 0.255 e. The third-order valence-corrected chi connectivity index (χ3v) is 8.06. The number of carbonyl (C=O) groups is 4. The number of fused-ring (bicyclic) bond motifs is 3. The molecule has 7 N–H and O–H groups in total. The summed E-state index contributed by atoms with van der Waals surface area (Å²) in [6.45, 7) is 3.07. The van der Waals surface area contributed by atoms with E-state index in [1.165, 1.54) is 13.0 Å². The Kier molecular flexibility index (Phi) is 5.59. The number of hydrogen-bond acceptors (Lipinski definition) is 9. The molecule has 0 spiro atoms. The fourth-order valence-corrected chi connectivity index (χ4v) is 6.24. The molecule has 0 heterocycles. The van der Waals surface area contributed by atoms with Crippen molar-refractivity contribution in [2.45, 2.75) is 37.9 Å². The van der Waals surface area contributed by atoms with E-state index in [-0.39, 0.29) is 17.1 Å². The van der Waals surface area contributed by atoms with Gasteiger partial charge in [0.05, 0.1) is 11.7 Å². The van der Waals surface area contributed by atoms with Crippen LogP contribution in [0, 0.1) is 11.8 Å². The Morgan fingerprint density at radius 1 is 1.08 bits per heavy atom. The average molecular weight is 520 g/mol. The molecule has 5 rings (SSSR count). The largest absolute Gasteiger partial charge is 0.508 e. The number of aliphatic hydroxyl groups is 4. The molecule has 3 aliphatic rings. The van der Waals surface area contributed by atoms with E-state index in [1.54, 1.807) is 37.3 Å². The summed E-state index contributed by atoms with van der Waals surface area (Å²) in [5.41, 5.74) is 2.73. The number of ketones is 3. The van der Waals surface area contributed by atoms with E-state index in [4.69, 9.17) is 5.73 Å². The van der Waals surface area contributed by atoms with E-state index in [9.17, 15) is 44.7 Å². The number of nitrogens with two attached hydrogens (primary N) is 1. The maximum absolute atomic E-state index is 13.7. The fraction of sp³-hybridized carbons (Fsp3) is 0.286. The molecule has 2 aromatic carbocycles. The summed E-state index contributed by atoms with van der Waals surface area (Å²) in [6, 6.07) is 9.60. The zero-order chi connectivity index (χ0) is 27.8. The normalized spacial score (nSPS) is 28.5. The summed E-state index contributed by atoms with van der Waals surface area (Å²) in [6.07, 6.45) is -2.28. The highest BCUT2D eigenvalue weighted by Gasteiger charge is 2.65. The van der Waals surface area contributed by atoms with Crippen LogP contribution >= 0.6 is 0 Å². The summed E-state index contributed by atoms with van der Waals surface area (Å²) >= 11 is 0. The predicted octanol–water partition coefficient (Wildman–Crippen LogP) is 1.83. The van der Waals surface area contributed by atoms with Crippen LogP contribution in [0.2, 0.25) is 0 Å². The lowest BCUT2D eigenvalue weighted by Gasteiger charge is -2.50. The van der Waals surface area contributed by atoms with E-state index >= 15 is 0 Å². The molecule has 1 fully saturated rings. The molecule has 38 heavy (non-hydrogen) atoms. The van der Waals surface area contributed by atoms with Gasteiger partial charge in [0.1, 0.15) is 22.8 Å². The molecular formula is C28H25NO9. The number of phenolic OH excluding ortho intramolecular Hbond substituents is 1. The maximum Gasteiger partial charge on any atom is 0.255 e. The van der Waals surface area contributed by atoms with Gasteiger partial charge in [0, 0.05) is 29.4 Å². The Hall–Kier alpha value is -4.28. The van der Waals surface area contributed by atoms with E-state index in [2.05, 4.69) is 0 Å². The minimum Gasteiger partial charge on any atom is -0.508 e. The molecule has 2 aromatic rings. The van der Waals surface area contributed by atoms with E-state index in [1.807, 2.05) is 0 Å². The lowest BCUT2D eigenvalue weighted by Crippen LogP contribution is -2.63. The number of aromatic hydroxyl groups is 1. The fourth-order valence-electron chi connectivity index (χ4n) is 6.24. The minimum atomic E-state index is -2.89. The van der Waals surface area contributed by atoms with Crippen LogP contribution in [0.3, 0.4) is 0 Å². The zero-order valence-electron chi connectivity index (χ0n) is 20.4. The Morgan fingerprint density at radius 2 is 1.76 bits per heavy atom. The molecule has 1 saturated carbocycles. The van der Waals surface area contributed by atoms with Crippen molar-refractivity contribution in [3.63, 3.8) is 0 Å². The van der Waals surface area contributed by atoms with Crippen molar-refractivity contribution in [1.82, 2.24) is 0 Å². The van der Waals surface area contributed by atoms with Crippen LogP contribution in [0.15, 0.2) is 53.3 Å². The second-order valence-corrected chi connectivity index (χ2v) is 10.0. The Labute approximate surface area is 216 Å². The Balaban J connectivity index is 1.78. The summed E-state index contributed by atoms with van der Waals surface area (Å²) < 4.78 is 0. The van der Waals surface area contributed by atoms with E-state index in [0.717, 1.165) is 0 Å². The highest BCUT2D eigenvalue weighted by molar-refractivity contribution is 6.23. The zero-order valence-corrected chi connectivity index (χ0v) is 20.4. The van der Waals surface area contributed by atoms with E-state index < -0.39 is 76.0 Å². The van der Waals surface area contributed by atoms with Crippen LogP contribution in [0.4, 0.5) is 0 Å². The van der Waals surface area contributed by atoms with Gasteiger partial charge in [0.15, 0.2) is 17.2 Å². The maximum atomic E-state index is 13.7. The standard InChI is InChI=1S/C28H25NO9/c1-10-18-14(13-5-3-4-12(8-13)11(2)30)6-7-16(31)20(18)24(34)22-19(10)23(33)15-9-17(32)21(27(29)37)25(35)28(15,38)26(22)36/h3-8,10,15,19,23,31,33-35,38H,9H2,1-2H3,(H2,29,37). The van der Waals surface area contributed by atoms with Gasteiger partial charge in [-0.15, -0.1) is 0 Å². The summed E-state index contributed by atoms with van der Waals surface area (Å²) in [5.74, 6) is -9.45. The third kappa shape index (κ3) is 3.20. The molecule has 5 unspecified atom stereocenters. The van der Waals surface area contributed by atoms with Gasteiger partial charge in [-0.25, -0.2) is 0 Å². The van der Waals surface area contributed by atoms with Crippen molar-refractivity contribution in [1.29, 1.82) is 0 Å². The van der Waals surface area contributed by atoms with Crippen LogP contribution in [0.1, 0.15) is 47.7 Å². The van der Waals surface area contributed by atoms with Gasteiger partial charge in [-0.2, -0.15) is 0 Å². The number of hydrogen-bond donors (Lipinski definition) is 6. The first-order chi connectivity index (χ1) is 17.8. The lowest BCUT2D eigenvalue weighted by atomic mass is 9.55. The predicted molar refractivity (Wildman–Crippen MR) is 133 cm³/mol. The van der Waals surface area contributed by atoms with Crippen molar-refractivity contribution in [2.75, 3.05) is 0 Å². The number of Topliss-reactive ketones (excluding diaryl/α,β-unsaturated/α-hetero) is 3. The van der Waals surface area contributed by atoms with Crippen LogP contribution in [-0.2, 0) is 14.4 Å². The number of phenols is 1. The number of rotatable bonds is 3. The molecule has 0 bridgehead atoms. The van der Waals surface area contributed by atoms with Crippen LogP contribution in [0.5, 0.6) is 5.75 Å². The molecule has 0 radical (unpaired) electrons. The summed E-state index contributed by atoms with van der Waals surface area (Å²) in [5, 5.41) is 55.6. The molecule has 0 aliphatic heterocycles. The Bertz CT molecular complexity index is 1530. The molecular weight excluding hydrogens is 494 g/mol. The van der Waals surface area contributed by atoms with Crippen molar-refractivity contribution in [2.24, 2.45) is 17.6 Å². The second-order valence-electron chi connectivity index (χ2n) is 10.0. The third-order valence-electron chi connectivity index (χ3n) is 8.06. The summed E-state index contributed by atoms with van der Waals surface area (Å²) in [7, 11) is 0. The minimum absolute atomic E-state index is 0.109. The monoisotopic (exact) mass is 519 g/mol. The van der Waals surface area contributed by atoms with Gasteiger partial charge >= 0.3 is 0 Å². The molecule has 3 aliphatic carbocycles. The molecule has 10 nitrogen and oxygen atoms in total. The first-order valence-electron chi connectivity index (χ1n) is 11.9. The molecule has 0 aromatic heterocycles. The first-order valence-corrected chi connectivity index (χ1v) is 11.9. The van der Waals surface area contributed by atoms with E-state index in [0.29, 0.717) is 22.3 Å². The SMILES string of the molecule is CC(=O)c1cccc(-c2ccc(O)c3c2C(C)C2C(=C3O)C(=O)C3(O)C(O)=C(C(N)=O)C(=O)CC3C2O)c1. The van der Waals surface area contributed by atoms with Crippen molar-refractivity contribution < 1.29 is 44.7 Å². The van der Waals surface area contributed by atoms with Crippen LogP contribution in [-0.4, -0.2) is 60.5 Å². The molecule has 196 valence electrons. The number of primary amides is 1. The van der Waals surface area contributed by atoms with Crippen molar-refractivity contribution in [3.8, 4) is 16.9 Å². The van der Waals surface area contributed by atoms with Gasteiger partial charge in [0.2, 0.25) is 5.78 Å². The van der Waals surface area contributed by atoms with Gasteiger partial charge in [-0.1, -0.05) is 31.2 Å². The van der Waals surface area contributed by atoms with Gasteiger partial charge in [-0.05, 0) is 41.7 Å². The number of benzene rings is 2. The molecule has 10 heteroatoms. The van der Waals surface area contributed by atoms with Gasteiger partial charge < -0.3 is 31.3 Å². The van der Waals surface area contributed by atoms with Gasteiger partial charge in [-0.3, -0.25) is 19.2 Å². The Morgan fingerprint density at radius 3 is 2.39 bits per heavy atom. The second kappa shape index (κ2) is 8.37. The highest BCUT2D eigenvalue weighted by Crippen LogP contribution is 2.57. The summed E-state index contributed by atoms with van der Waals surface area (Å²) in [4.78, 5) is 50.1.